The van der Waals surface area contributed by atoms with Crippen LogP contribution in [0, 0.1) is 0 Å². The van der Waals surface area contributed by atoms with E-state index in [0.717, 1.165) is 5.57 Å². The Kier molecular flexibility index (Phi) is 6.99. The summed E-state index contributed by atoms with van der Waals surface area (Å²) in [4.78, 5) is 15.8. The van der Waals surface area contributed by atoms with E-state index in [0.29, 0.717) is 21.6 Å². The molecule has 0 radical (unpaired) electrons. The number of carbonyl (C=O) groups is 1. The molecule has 0 atom stereocenters. The van der Waals surface area contributed by atoms with E-state index >= 15 is 0 Å². The lowest BCUT2D eigenvalue weighted by molar-refractivity contribution is -0.122. The lowest BCUT2D eigenvalue weighted by atomic mass is 10.3. The molecule has 0 heterocycles. The van der Waals surface area contributed by atoms with Crippen LogP contribution in [0.15, 0.2) is 47.2 Å². The number of aliphatic imine (C=N–C) groups is 1. The molecule has 0 bridgehead atoms. The zero-order valence-corrected chi connectivity index (χ0v) is 13.3. The lowest BCUT2D eigenvalue weighted by Gasteiger charge is -2.09. The van der Waals surface area contributed by atoms with Crippen molar-refractivity contribution in [1.29, 1.82) is 0 Å². The average Bonchev–Trinajstić information content (AvgIpc) is 2.37. The van der Waals surface area contributed by atoms with Gasteiger partial charge in [0.15, 0.2) is 6.61 Å². The Hall–Kier alpha value is -1.78. The smallest absolute Gasteiger partial charge is 0.263 e. The van der Waals surface area contributed by atoms with Gasteiger partial charge >= 0.3 is 0 Å². The molecule has 0 aliphatic heterocycles. The quantitative estimate of drug-likeness (QED) is 0.634. The number of rotatable bonds is 6. The fourth-order valence-electron chi connectivity index (χ4n) is 1.39. The minimum atomic E-state index is -0.348. The summed E-state index contributed by atoms with van der Waals surface area (Å²) in [5.74, 6) is 0.445. The summed E-state index contributed by atoms with van der Waals surface area (Å²) >= 11 is 11.7. The topological polar surface area (TPSA) is 50.7 Å². The van der Waals surface area contributed by atoms with Crippen LogP contribution in [-0.4, -0.2) is 18.7 Å². The Morgan fingerprint density at radius 3 is 2.76 bits per heavy atom. The van der Waals surface area contributed by atoms with Crippen molar-refractivity contribution in [2.45, 2.75) is 13.8 Å². The van der Waals surface area contributed by atoms with Crippen LogP contribution in [0.4, 0.5) is 0 Å². The van der Waals surface area contributed by atoms with Gasteiger partial charge in [-0.25, -0.2) is 4.99 Å². The molecule has 1 amide bonds. The molecule has 0 aliphatic rings. The summed E-state index contributed by atoms with van der Waals surface area (Å²) in [6.07, 6.45) is 3.24. The second-order valence-corrected chi connectivity index (χ2v) is 5.02. The summed E-state index contributed by atoms with van der Waals surface area (Å²) < 4.78 is 5.33. The maximum atomic E-state index is 11.8. The van der Waals surface area contributed by atoms with Crippen LogP contribution in [0.2, 0.25) is 10.0 Å². The van der Waals surface area contributed by atoms with E-state index in [1.807, 2.05) is 0 Å². The first-order valence-electron chi connectivity index (χ1n) is 6.16. The van der Waals surface area contributed by atoms with Crippen LogP contribution in [-0.2, 0) is 4.79 Å². The Morgan fingerprint density at radius 1 is 1.48 bits per heavy atom. The predicted molar refractivity (Wildman–Crippen MR) is 87.2 cm³/mol. The van der Waals surface area contributed by atoms with E-state index in [1.54, 1.807) is 44.3 Å². The molecule has 1 aromatic rings. The maximum absolute atomic E-state index is 11.8. The normalized spacial score (nSPS) is 11.5. The molecule has 0 saturated carbocycles. The Balaban J connectivity index is 2.63. The number of benzene rings is 1. The molecular weight excluding hydrogens is 311 g/mol. The monoisotopic (exact) mass is 326 g/mol. The Labute approximate surface area is 134 Å². The van der Waals surface area contributed by atoms with Gasteiger partial charge in [-0.3, -0.25) is 4.79 Å². The second kappa shape index (κ2) is 8.49. The third-order valence-electron chi connectivity index (χ3n) is 2.17. The minimum Gasteiger partial charge on any atom is -0.482 e. The van der Waals surface area contributed by atoms with Gasteiger partial charge in [-0.1, -0.05) is 35.4 Å². The molecule has 0 aromatic heterocycles. The van der Waals surface area contributed by atoms with Crippen LogP contribution >= 0.6 is 23.2 Å². The number of nitrogens with one attached hydrogen (secondary N) is 1. The fraction of sp³-hybridized carbons (Fsp3) is 0.200. The molecule has 6 heteroatoms. The van der Waals surface area contributed by atoms with Gasteiger partial charge in [0.05, 0.1) is 5.02 Å². The fourth-order valence-corrected chi connectivity index (χ4v) is 1.86. The van der Waals surface area contributed by atoms with Gasteiger partial charge in [0.2, 0.25) is 0 Å². The first-order valence-corrected chi connectivity index (χ1v) is 6.91. The van der Waals surface area contributed by atoms with E-state index < -0.39 is 0 Å². The molecule has 0 saturated heterocycles. The predicted octanol–water partition coefficient (Wildman–Crippen LogP) is 4.00. The van der Waals surface area contributed by atoms with Crippen LogP contribution in [0.1, 0.15) is 13.8 Å². The first kappa shape index (κ1) is 17.3. The van der Waals surface area contributed by atoms with Crippen LogP contribution in [0.3, 0.4) is 0 Å². The van der Waals surface area contributed by atoms with Crippen LogP contribution in [0.5, 0.6) is 5.75 Å². The van der Waals surface area contributed by atoms with Crippen LogP contribution in [0.25, 0.3) is 0 Å². The van der Waals surface area contributed by atoms with Crippen molar-refractivity contribution in [1.82, 2.24) is 5.32 Å². The largest absolute Gasteiger partial charge is 0.482 e. The molecule has 0 spiro atoms. The SMILES string of the molecule is C=C(C)/C=C(\N=CC)NC(=O)COc1ccc(Cl)cc1Cl. The zero-order chi connectivity index (χ0) is 15.8. The van der Waals surface area contributed by atoms with E-state index in [4.69, 9.17) is 27.9 Å². The summed E-state index contributed by atoms with van der Waals surface area (Å²) in [7, 11) is 0. The van der Waals surface area contributed by atoms with Gasteiger partial charge < -0.3 is 10.1 Å². The van der Waals surface area contributed by atoms with E-state index in [-0.39, 0.29) is 12.5 Å². The van der Waals surface area contributed by atoms with Gasteiger partial charge in [0.25, 0.3) is 5.91 Å². The van der Waals surface area contributed by atoms with Crippen molar-refractivity contribution in [2.75, 3.05) is 6.61 Å². The molecular formula is C15H16Cl2N2O2. The van der Waals surface area contributed by atoms with E-state index in [9.17, 15) is 4.79 Å². The summed E-state index contributed by atoms with van der Waals surface area (Å²) in [6, 6.07) is 4.78. The highest BCUT2D eigenvalue weighted by molar-refractivity contribution is 6.35. The van der Waals surface area contributed by atoms with Gasteiger partial charge in [0, 0.05) is 11.2 Å². The zero-order valence-electron chi connectivity index (χ0n) is 11.8. The maximum Gasteiger partial charge on any atom is 0.263 e. The van der Waals surface area contributed by atoms with E-state index in [2.05, 4.69) is 16.9 Å². The number of amides is 1. The molecule has 4 nitrogen and oxygen atoms in total. The van der Waals surface area contributed by atoms with Crippen LogP contribution < -0.4 is 10.1 Å². The molecule has 21 heavy (non-hydrogen) atoms. The van der Waals surface area contributed by atoms with Crippen molar-refractivity contribution in [3.63, 3.8) is 0 Å². The third kappa shape index (κ3) is 6.47. The standard InChI is InChI=1S/C15H16Cl2N2O2/c1-4-18-14(7-10(2)3)19-15(20)9-21-13-6-5-11(16)8-12(13)17/h4-8H,2,9H2,1,3H3,(H,19,20)/b14-7+,18-4?. The molecule has 0 unspecified atom stereocenters. The molecule has 1 N–H and O–H groups in total. The summed E-state index contributed by atoms with van der Waals surface area (Å²) in [5, 5.41) is 3.47. The second-order valence-electron chi connectivity index (χ2n) is 4.17. The average molecular weight is 327 g/mol. The number of carbonyl (C=O) groups excluding carboxylic acids is 1. The third-order valence-corrected chi connectivity index (χ3v) is 2.70. The van der Waals surface area contributed by atoms with Crippen molar-refractivity contribution in [3.8, 4) is 5.75 Å². The number of hydrogen-bond donors (Lipinski definition) is 1. The van der Waals surface area contributed by atoms with Crippen molar-refractivity contribution in [3.05, 3.63) is 52.3 Å². The molecule has 1 aromatic carbocycles. The number of halogens is 2. The minimum absolute atomic E-state index is 0.186. The van der Waals surface area contributed by atoms with E-state index in [1.165, 1.54) is 0 Å². The highest BCUT2D eigenvalue weighted by Gasteiger charge is 2.07. The Morgan fingerprint density at radius 2 is 2.19 bits per heavy atom. The van der Waals surface area contributed by atoms with Crippen molar-refractivity contribution < 1.29 is 9.53 Å². The molecule has 0 fully saturated rings. The number of ether oxygens (including phenoxy) is 1. The van der Waals surface area contributed by atoms with Crippen molar-refractivity contribution in [2.24, 2.45) is 4.99 Å². The highest BCUT2D eigenvalue weighted by atomic mass is 35.5. The number of nitrogens with zero attached hydrogens (tertiary/aromatic N) is 1. The summed E-state index contributed by atoms with van der Waals surface area (Å²) in [5.41, 5.74) is 0.776. The van der Waals surface area contributed by atoms with Gasteiger partial charge in [-0.15, -0.1) is 0 Å². The number of hydrogen-bond acceptors (Lipinski definition) is 3. The van der Waals surface area contributed by atoms with Gasteiger partial charge in [0.1, 0.15) is 11.6 Å². The van der Waals surface area contributed by atoms with Gasteiger partial charge in [-0.2, -0.15) is 0 Å². The Bertz CT molecular complexity index is 595. The molecule has 112 valence electrons. The van der Waals surface area contributed by atoms with Gasteiger partial charge in [-0.05, 0) is 38.1 Å². The first-order chi connectivity index (χ1) is 9.92. The lowest BCUT2D eigenvalue weighted by Crippen LogP contribution is -2.28. The number of allylic oxidation sites excluding steroid dienone is 2. The van der Waals surface area contributed by atoms with Crippen molar-refractivity contribution >= 4 is 35.3 Å². The summed E-state index contributed by atoms with van der Waals surface area (Å²) in [6.45, 7) is 7.11. The highest BCUT2D eigenvalue weighted by Crippen LogP contribution is 2.27. The molecule has 0 aliphatic carbocycles. The molecule has 1 rings (SSSR count).